The second kappa shape index (κ2) is 6.14. The van der Waals surface area contributed by atoms with Crippen LogP contribution in [0.2, 0.25) is 0 Å². The van der Waals surface area contributed by atoms with Crippen LogP contribution < -0.4 is 5.32 Å². The Balaban J connectivity index is 2.84. The number of amides is 1. The molecule has 1 amide bonds. The van der Waals surface area contributed by atoms with Gasteiger partial charge in [0.05, 0.1) is 18.8 Å². The minimum Gasteiger partial charge on any atom is -0.394 e. The third-order valence-corrected chi connectivity index (χ3v) is 3.24. The molecule has 3 N–H and O–H groups in total. The normalized spacial score (nSPS) is 11.3. The first-order chi connectivity index (χ1) is 8.06. The monoisotopic (exact) mass is 301 g/mol. The molecule has 0 fully saturated rings. The standard InChI is InChI=1S/C12H16BrNO3/c1-2-12(7-15,8-16)14-11(17)9-4-3-5-10(13)6-9/h3-6,15-16H,2,7-8H2,1H3,(H,14,17). The molecule has 0 bridgehead atoms. The molecule has 0 unspecified atom stereocenters. The van der Waals surface area contributed by atoms with Crippen molar-refractivity contribution >= 4 is 21.8 Å². The van der Waals surface area contributed by atoms with Crippen LogP contribution in [0.15, 0.2) is 28.7 Å². The quantitative estimate of drug-likeness (QED) is 0.768. The van der Waals surface area contributed by atoms with Crippen molar-refractivity contribution in [1.82, 2.24) is 5.32 Å². The minimum absolute atomic E-state index is 0.292. The van der Waals surface area contributed by atoms with Gasteiger partial charge in [-0.2, -0.15) is 0 Å². The van der Waals surface area contributed by atoms with Crippen molar-refractivity contribution < 1.29 is 15.0 Å². The Bertz CT molecular complexity index is 383. The highest BCUT2D eigenvalue weighted by molar-refractivity contribution is 9.10. The molecule has 0 aliphatic rings. The second-order valence-electron chi connectivity index (χ2n) is 3.91. The maximum absolute atomic E-state index is 11.9. The number of benzene rings is 1. The molecule has 0 aliphatic carbocycles. The van der Waals surface area contributed by atoms with Gasteiger partial charge in [0.1, 0.15) is 0 Å². The number of aliphatic hydroxyl groups is 2. The Morgan fingerprint density at radius 3 is 2.53 bits per heavy atom. The molecular weight excluding hydrogens is 286 g/mol. The largest absolute Gasteiger partial charge is 0.394 e. The van der Waals surface area contributed by atoms with Crippen molar-refractivity contribution in [3.05, 3.63) is 34.3 Å². The molecule has 0 saturated carbocycles. The SMILES string of the molecule is CCC(CO)(CO)NC(=O)c1cccc(Br)c1. The summed E-state index contributed by atoms with van der Waals surface area (Å²) >= 11 is 3.28. The Hall–Kier alpha value is -0.910. The summed E-state index contributed by atoms with van der Waals surface area (Å²) in [5.74, 6) is -0.309. The first-order valence-corrected chi connectivity index (χ1v) is 6.16. The number of hydrogen-bond acceptors (Lipinski definition) is 3. The zero-order valence-corrected chi connectivity index (χ0v) is 11.2. The van der Waals surface area contributed by atoms with Gasteiger partial charge in [0.25, 0.3) is 5.91 Å². The van der Waals surface area contributed by atoms with Gasteiger partial charge >= 0.3 is 0 Å². The number of halogens is 1. The van der Waals surface area contributed by atoms with E-state index in [1.54, 1.807) is 25.1 Å². The third-order valence-electron chi connectivity index (χ3n) is 2.75. The fourth-order valence-electron chi connectivity index (χ4n) is 1.38. The van der Waals surface area contributed by atoms with Crippen LogP contribution >= 0.6 is 15.9 Å². The van der Waals surface area contributed by atoms with Crippen LogP contribution in [0, 0.1) is 0 Å². The van der Waals surface area contributed by atoms with Gasteiger partial charge in [-0.3, -0.25) is 4.79 Å². The van der Waals surface area contributed by atoms with Crippen LogP contribution in [-0.2, 0) is 0 Å². The lowest BCUT2D eigenvalue weighted by Gasteiger charge is -2.29. The highest BCUT2D eigenvalue weighted by Gasteiger charge is 2.28. The first-order valence-electron chi connectivity index (χ1n) is 5.36. The van der Waals surface area contributed by atoms with E-state index in [1.165, 1.54) is 0 Å². The third kappa shape index (κ3) is 3.52. The van der Waals surface area contributed by atoms with Gasteiger partial charge < -0.3 is 15.5 Å². The fourth-order valence-corrected chi connectivity index (χ4v) is 1.78. The van der Waals surface area contributed by atoms with E-state index in [0.717, 1.165) is 4.47 Å². The van der Waals surface area contributed by atoms with Gasteiger partial charge in [0.2, 0.25) is 0 Å². The Kier molecular flexibility index (Phi) is 5.11. The van der Waals surface area contributed by atoms with E-state index in [-0.39, 0.29) is 19.1 Å². The second-order valence-corrected chi connectivity index (χ2v) is 4.83. The lowest BCUT2D eigenvalue weighted by molar-refractivity contribution is 0.0653. The number of carbonyl (C=O) groups excluding carboxylic acids is 1. The number of rotatable bonds is 5. The van der Waals surface area contributed by atoms with E-state index >= 15 is 0 Å². The van der Waals surface area contributed by atoms with Crippen molar-refractivity contribution in [3.63, 3.8) is 0 Å². The topological polar surface area (TPSA) is 69.6 Å². The van der Waals surface area contributed by atoms with E-state index < -0.39 is 5.54 Å². The van der Waals surface area contributed by atoms with Crippen molar-refractivity contribution in [2.45, 2.75) is 18.9 Å². The average Bonchev–Trinajstić information content (AvgIpc) is 2.36. The number of nitrogens with one attached hydrogen (secondary N) is 1. The molecule has 0 saturated heterocycles. The van der Waals surface area contributed by atoms with Crippen LogP contribution in [0.5, 0.6) is 0 Å². The van der Waals surface area contributed by atoms with Gasteiger partial charge in [0, 0.05) is 10.0 Å². The summed E-state index contributed by atoms with van der Waals surface area (Å²) in [5, 5.41) is 21.1. The highest BCUT2D eigenvalue weighted by atomic mass is 79.9. The zero-order chi connectivity index (χ0) is 12.9. The Morgan fingerprint density at radius 1 is 1.41 bits per heavy atom. The summed E-state index contributed by atoms with van der Waals surface area (Å²) in [7, 11) is 0. The van der Waals surface area contributed by atoms with Crippen LogP contribution in [0.4, 0.5) is 0 Å². The molecule has 0 atom stereocenters. The fraction of sp³-hybridized carbons (Fsp3) is 0.417. The van der Waals surface area contributed by atoms with E-state index in [1.807, 2.05) is 6.07 Å². The average molecular weight is 302 g/mol. The molecule has 1 aromatic carbocycles. The molecule has 0 aliphatic heterocycles. The van der Waals surface area contributed by atoms with Crippen LogP contribution in [0.25, 0.3) is 0 Å². The molecule has 0 aromatic heterocycles. The van der Waals surface area contributed by atoms with E-state index in [2.05, 4.69) is 21.2 Å². The molecule has 5 heteroatoms. The van der Waals surface area contributed by atoms with E-state index in [9.17, 15) is 15.0 Å². The molecule has 17 heavy (non-hydrogen) atoms. The summed E-state index contributed by atoms with van der Waals surface area (Å²) in [6.45, 7) is 1.22. The van der Waals surface area contributed by atoms with Crippen LogP contribution in [-0.4, -0.2) is 34.9 Å². The number of carbonyl (C=O) groups is 1. The van der Waals surface area contributed by atoms with Crippen molar-refractivity contribution in [3.8, 4) is 0 Å². The zero-order valence-electron chi connectivity index (χ0n) is 9.61. The predicted molar refractivity (Wildman–Crippen MR) is 68.8 cm³/mol. The molecule has 1 aromatic rings. The molecule has 0 radical (unpaired) electrons. The molecular formula is C12H16BrNO3. The minimum atomic E-state index is -0.959. The smallest absolute Gasteiger partial charge is 0.251 e. The van der Waals surface area contributed by atoms with E-state index in [4.69, 9.17) is 0 Å². The molecule has 94 valence electrons. The van der Waals surface area contributed by atoms with Gasteiger partial charge in [0.15, 0.2) is 0 Å². The first kappa shape index (κ1) is 14.2. The maximum atomic E-state index is 11.9. The summed E-state index contributed by atoms with van der Waals surface area (Å²) in [5.41, 5.74) is -0.474. The summed E-state index contributed by atoms with van der Waals surface area (Å²) < 4.78 is 0.806. The predicted octanol–water partition coefficient (Wildman–Crippen LogP) is 1.31. The maximum Gasteiger partial charge on any atom is 0.251 e. The summed E-state index contributed by atoms with van der Waals surface area (Å²) in [6.07, 6.45) is 0.458. The van der Waals surface area contributed by atoms with Crippen LogP contribution in [0.1, 0.15) is 23.7 Å². The molecule has 0 heterocycles. The summed E-state index contributed by atoms with van der Waals surface area (Å²) in [4.78, 5) is 11.9. The Morgan fingerprint density at radius 2 is 2.06 bits per heavy atom. The van der Waals surface area contributed by atoms with Crippen molar-refractivity contribution in [2.24, 2.45) is 0 Å². The summed E-state index contributed by atoms with van der Waals surface area (Å²) in [6, 6.07) is 6.94. The van der Waals surface area contributed by atoms with Crippen LogP contribution in [0.3, 0.4) is 0 Å². The van der Waals surface area contributed by atoms with Gasteiger partial charge in [-0.25, -0.2) is 0 Å². The lowest BCUT2D eigenvalue weighted by atomic mass is 9.98. The molecule has 4 nitrogen and oxygen atoms in total. The molecule has 1 rings (SSSR count). The van der Waals surface area contributed by atoms with Crippen molar-refractivity contribution in [1.29, 1.82) is 0 Å². The van der Waals surface area contributed by atoms with Crippen molar-refractivity contribution in [2.75, 3.05) is 13.2 Å². The van der Waals surface area contributed by atoms with Gasteiger partial charge in [-0.1, -0.05) is 28.9 Å². The van der Waals surface area contributed by atoms with Gasteiger partial charge in [-0.05, 0) is 24.6 Å². The number of hydrogen-bond donors (Lipinski definition) is 3. The number of aliphatic hydroxyl groups excluding tert-OH is 2. The Labute approximate surface area is 109 Å². The lowest BCUT2D eigenvalue weighted by Crippen LogP contribution is -2.53. The molecule has 0 spiro atoms. The highest BCUT2D eigenvalue weighted by Crippen LogP contribution is 2.14. The van der Waals surface area contributed by atoms with Gasteiger partial charge in [-0.15, -0.1) is 0 Å². The van der Waals surface area contributed by atoms with E-state index in [0.29, 0.717) is 12.0 Å².